The second-order valence-electron chi connectivity index (χ2n) is 6.60. The number of hydrogen-bond donors (Lipinski definition) is 2. The zero-order valence-electron chi connectivity index (χ0n) is 13.9. The van der Waals surface area contributed by atoms with Gasteiger partial charge in [-0.2, -0.15) is 0 Å². The van der Waals surface area contributed by atoms with Gasteiger partial charge in [-0.3, -0.25) is 4.79 Å². The maximum absolute atomic E-state index is 12.4. The number of sulfone groups is 1. The number of phenolic OH excluding ortho intramolecular Hbond substituents is 1. The highest BCUT2D eigenvalue weighted by Crippen LogP contribution is 2.24. The summed E-state index contributed by atoms with van der Waals surface area (Å²) in [5.41, 5.74) is 1.12. The predicted molar refractivity (Wildman–Crippen MR) is 93.9 cm³/mol. The molecule has 0 aliphatic rings. The molecule has 0 unspecified atom stereocenters. The Balaban J connectivity index is 2.13. The van der Waals surface area contributed by atoms with Crippen molar-refractivity contribution >= 4 is 21.4 Å². The number of carbonyl (C=O) groups excluding carboxylic acids is 1. The molecule has 0 saturated carbocycles. The predicted octanol–water partition coefficient (Wildman–Crippen LogP) is 3.10. The van der Waals surface area contributed by atoms with Crippen molar-refractivity contribution in [3.8, 4) is 5.75 Å². The fraction of sp³-hybridized carbons (Fsp3) is 0.278. The smallest absolute Gasteiger partial charge is 0.240 e. The van der Waals surface area contributed by atoms with Crippen LogP contribution in [-0.2, 0) is 20.0 Å². The molecule has 24 heavy (non-hydrogen) atoms. The van der Waals surface area contributed by atoms with Gasteiger partial charge in [0.25, 0.3) is 0 Å². The molecule has 5 nitrogen and oxygen atoms in total. The molecule has 0 radical (unpaired) electrons. The van der Waals surface area contributed by atoms with E-state index in [-0.39, 0.29) is 21.7 Å². The first-order valence-corrected chi connectivity index (χ1v) is 9.16. The Bertz CT molecular complexity index is 834. The van der Waals surface area contributed by atoms with Gasteiger partial charge in [-0.15, -0.1) is 0 Å². The minimum Gasteiger partial charge on any atom is -0.506 e. The lowest BCUT2D eigenvalue weighted by molar-refractivity contribution is -0.113. The third-order valence-corrected chi connectivity index (χ3v) is 5.21. The molecule has 0 fully saturated rings. The number of anilines is 1. The maximum Gasteiger partial charge on any atom is 0.240 e. The average Bonchev–Trinajstić information content (AvgIpc) is 2.48. The molecule has 0 aromatic heterocycles. The number of rotatable bonds is 4. The van der Waals surface area contributed by atoms with Crippen LogP contribution in [-0.4, -0.2) is 25.2 Å². The maximum atomic E-state index is 12.4. The average molecular weight is 347 g/mol. The fourth-order valence-electron chi connectivity index (χ4n) is 2.18. The van der Waals surface area contributed by atoms with Gasteiger partial charge in [-0.25, -0.2) is 8.42 Å². The van der Waals surface area contributed by atoms with E-state index in [0.717, 1.165) is 5.56 Å². The van der Waals surface area contributed by atoms with Crippen molar-refractivity contribution in [2.24, 2.45) is 0 Å². The lowest BCUT2D eigenvalue weighted by Crippen LogP contribution is -2.23. The number of benzene rings is 2. The second kappa shape index (κ2) is 6.65. The largest absolute Gasteiger partial charge is 0.506 e. The normalized spacial score (nSPS) is 12.0. The molecule has 2 aromatic carbocycles. The molecule has 0 aliphatic heterocycles. The molecule has 0 bridgehead atoms. The number of nitrogens with one attached hydrogen (secondary N) is 1. The quantitative estimate of drug-likeness (QED) is 0.833. The van der Waals surface area contributed by atoms with Crippen molar-refractivity contribution < 1.29 is 18.3 Å². The van der Waals surface area contributed by atoms with E-state index in [1.807, 2.05) is 20.8 Å². The summed E-state index contributed by atoms with van der Waals surface area (Å²) >= 11 is 0. The van der Waals surface area contributed by atoms with Crippen LogP contribution in [0.1, 0.15) is 26.3 Å². The van der Waals surface area contributed by atoms with Crippen molar-refractivity contribution in [2.75, 3.05) is 11.1 Å². The Morgan fingerprint density at radius 2 is 1.62 bits per heavy atom. The van der Waals surface area contributed by atoms with E-state index in [9.17, 15) is 18.3 Å². The molecule has 2 aromatic rings. The number of amides is 1. The van der Waals surface area contributed by atoms with Gasteiger partial charge in [0.15, 0.2) is 9.84 Å². The Kier molecular flexibility index (Phi) is 4.99. The van der Waals surface area contributed by atoms with Crippen LogP contribution in [0.2, 0.25) is 0 Å². The molecule has 0 atom stereocenters. The lowest BCUT2D eigenvalue weighted by Gasteiger charge is -2.19. The molecule has 2 rings (SSSR count). The van der Waals surface area contributed by atoms with E-state index in [1.165, 1.54) is 24.3 Å². The first-order chi connectivity index (χ1) is 11.1. The third kappa shape index (κ3) is 4.35. The Morgan fingerprint density at radius 1 is 1.04 bits per heavy atom. The summed E-state index contributed by atoms with van der Waals surface area (Å²) in [5.74, 6) is -1.50. The SMILES string of the molecule is CC(C)(C)c1ccc(S(=O)(=O)CC(=O)Nc2ccccc2O)cc1. The number of hydrogen-bond acceptors (Lipinski definition) is 4. The van der Waals surface area contributed by atoms with Gasteiger partial charge in [-0.05, 0) is 35.2 Å². The van der Waals surface area contributed by atoms with Crippen molar-refractivity contribution in [1.29, 1.82) is 0 Å². The minimum atomic E-state index is -3.75. The molecule has 0 spiro atoms. The number of carbonyl (C=O) groups is 1. The van der Waals surface area contributed by atoms with Crippen LogP contribution in [0.25, 0.3) is 0 Å². The second-order valence-corrected chi connectivity index (χ2v) is 8.59. The highest BCUT2D eigenvalue weighted by atomic mass is 32.2. The monoisotopic (exact) mass is 347 g/mol. The van der Waals surface area contributed by atoms with Crippen molar-refractivity contribution in [3.63, 3.8) is 0 Å². The van der Waals surface area contributed by atoms with Crippen molar-refractivity contribution in [1.82, 2.24) is 0 Å². The summed E-state index contributed by atoms with van der Waals surface area (Å²) in [5, 5.41) is 12.0. The van der Waals surface area contributed by atoms with Crippen LogP contribution in [0.3, 0.4) is 0 Å². The first-order valence-electron chi connectivity index (χ1n) is 7.51. The first kappa shape index (κ1) is 18.0. The summed E-state index contributed by atoms with van der Waals surface area (Å²) in [6, 6.07) is 12.7. The molecular weight excluding hydrogens is 326 g/mol. The van der Waals surface area contributed by atoms with Crippen LogP contribution in [0.4, 0.5) is 5.69 Å². The summed E-state index contributed by atoms with van der Waals surface area (Å²) in [7, 11) is -3.75. The van der Waals surface area contributed by atoms with Crippen LogP contribution in [0.15, 0.2) is 53.4 Å². The van der Waals surface area contributed by atoms with Gasteiger partial charge in [-0.1, -0.05) is 45.0 Å². The van der Waals surface area contributed by atoms with Gasteiger partial charge < -0.3 is 10.4 Å². The van der Waals surface area contributed by atoms with E-state index in [1.54, 1.807) is 24.3 Å². The number of para-hydroxylation sites is 2. The van der Waals surface area contributed by atoms with Gasteiger partial charge in [0, 0.05) is 0 Å². The van der Waals surface area contributed by atoms with Crippen LogP contribution in [0.5, 0.6) is 5.75 Å². The topological polar surface area (TPSA) is 83.5 Å². The molecule has 2 N–H and O–H groups in total. The summed E-state index contributed by atoms with van der Waals surface area (Å²) in [6.45, 7) is 6.11. The van der Waals surface area contributed by atoms with Crippen LogP contribution >= 0.6 is 0 Å². The fourth-order valence-corrected chi connectivity index (χ4v) is 3.32. The Morgan fingerprint density at radius 3 is 2.17 bits per heavy atom. The Labute approximate surface area is 142 Å². The molecule has 0 aliphatic carbocycles. The van der Waals surface area contributed by atoms with E-state index in [4.69, 9.17) is 0 Å². The molecule has 1 amide bonds. The van der Waals surface area contributed by atoms with Gasteiger partial charge in [0.2, 0.25) is 5.91 Å². The van der Waals surface area contributed by atoms with E-state index < -0.39 is 21.5 Å². The zero-order chi connectivity index (χ0) is 18.0. The Hall–Kier alpha value is -2.34. The van der Waals surface area contributed by atoms with Gasteiger partial charge in [0.05, 0.1) is 10.6 Å². The van der Waals surface area contributed by atoms with Gasteiger partial charge in [0.1, 0.15) is 11.5 Å². The van der Waals surface area contributed by atoms with Crippen molar-refractivity contribution in [2.45, 2.75) is 31.1 Å². The molecule has 0 saturated heterocycles. The highest BCUT2D eigenvalue weighted by Gasteiger charge is 2.21. The highest BCUT2D eigenvalue weighted by molar-refractivity contribution is 7.92. The van der Waals surface area contributed by atoms with Crippen LogP contribution in [0, 0.1) is 0 Å². The van der Waals surface area contributed by atoms with E-state index in [2.05, 4.69) is 5.32 Å². The third-order valence-electron chi connectivity index (χ3n) is 3.58. The molecule has 128 valence electrons. The standard InChI is InChI=1S/C18H21NO4S/c1-18(2,3)13-8-10-14(11-9-13)24(22,23)12-17(21)19-15-6-4-5-7-16(15)20/h4-11,20H,12H2,1-3H3,(H,19,21). The van der Waals surface area contributed by atoms with Crippen molar-refractivity contribution in [3.05, 3.63) is 54.1 Å². The van der Waals surface area contributed by atoms with E-state index >= 15 is 0 Å². The van der Waals surface area contributed by atoms with Gasteiger partial charge >= 0.3 is 0 Å². The summed E-state index contributed by atoms with van der Waals surface area (Å²) < 4.78 is 24.7. The molecule has 6 heteroatoms. The van der Waals surface area contributed by atoms with E-state index in [0.29, 0.717) is 0 Å². The van der Waals surface area contributed by atoms with Crippen LogP contribution < -0.4 is 5.32 Å². The number of aromatic hydroxyl groups is 1. The molecular formula is C18H21NO4S. The zero-order valence-corrected chi connectivity index (χ0v) is 14.7. The molecule has 0 heterocycles. The minimum absolute atomic E-state index is 0.0789. The lowest BCUT2D eigenvalue weighted by atomic mass is 9.87. The summed E-state index contributed by atoms with van der Waals surface area (Å²) in [4.78, 5) is 12.1. The summed E-state index contributed by atoms with van der Waals surface area (Å²) in [6.07, 6.45) is 0. The number of phenols is 1.